The summed E-state index contributed by atoms with van der Waals surface area (Å²) in [6.45, 7) is 4.97. The van der Waals surface area contributed by atoms with Crippen LogP contribution in [0.25, 0.3) is 11.3 Å². The molecule has 0 saturated carbocycles. The molecule has 0 aliphatic rings. The maximum atomic E-state index is 5.67. The lowest BCUT2D eigenvalue weighted by Gasteiger charge is -2.09. The molecule has 0 amide bonds. The first kappa shape index (κ1) is 11.9. The van der Waals surface area contributed by atoms with Crippen LogP contribution in [0.2, 0.25) is 0 Å². The van der Waals surface area contributed by atoms with Crippen LogP contribution in [-0.4, -0.2) is 10.2 Å². The molecule has 0 fully saturated rings. The molecule has 1 aromatic carbocycles. The Morgan fingerprint density at radius 1 is 1.29 bits per heavy atom. The van der Waals surface area contributed by atoms with E-state index >= 15 is 0 Å². The van der Waals surface area contributed by atoms with E-state index in [1.807, 2.05) is 0 Å². The van der Waals surface area contributed by atoms with Gasteiger partial charge in [-0.15, -0.1) is 0 Å². The molecule has 0 spiro atoms. The van der Waals surface area contributed by atoms with Gasteiger partial charge in [-0.1, -0.05) is 38.1 Å². The van der Waals surface area contributed by atoms with Gasteiger partial charge in [0.2, 0.25) is 0 Å². The third-order valence-electron chi connectivity index (χ3n) is 3.32. The van der Waals surface area contributed by atoms with Gasteiger partial charge in [0.1, 0.15) is 0 Å². The number of H-pyrrole nitrogens is 1. The fraction of sp³-hybridized carbons (Fsp3) is 0.357. The molecule has 1 atom stereocenters. The number of nitrogens with one attached hydrogen (secondary N) is 1. The van der Waals surface area contributed by atoms with Crippen molar-refractivity contribution in [2.45, 2.75) is 32.7 Å². The van der Waals surface area contributed by atoms with Gasteiger partial charge in [-0.2, -0.15) is 5.10 Å². The van der Waals surface area contributed by atoms with E-state index < -0.39 is 0 Å². The van der Waals surface area contributed by atoms with Crippen LogP contribution in [-0.2, 0) is 6.54 Å². The normalized spacial score (nSPS) is 12.6. The van der Waals surface area contributed by atoms with Gasteiger partial charge in [-0.25, -0.2) is 0 Å². The minimum Gasteiger partial charge on any atom is -0.326 e. The van der Waals surface area contributed by atoms with Gasteiger partial charge in [-0.3, -0.25) is 5.10 Å². The predicted octanol–water partition coefficient (Wildman–Crippen LogP) is 3.05. The highest BCUT2D eigenvalue weighted by Crippen LogP contribution is 2.24. The lowest BCUT2D eigenvalue weighted by atomic mass is 9.96. The van der Waals surface area contributed by atoms with Crippen LogP contribution in [0.5, 0.6) is 0 Å². The Morgan fingerprint density at radius 2 is 2.00 bits per heavy atom. The lowest BCUT2D eigenvalue weighted by molar-refractivity contribution is 0.734. The van der Waals surface area contributed by atoms with Gasteiger partial charge in [0.05, 0.1) is 11.9 Å². The maximum absolute atomic E-state index is 5.67. The second-order valence-electron chi connectivity index (χ2n) is 4.41. The molecular weight excluding hydrogens is 210 g/mol. The fourth-order valence-electron chi connectivity index (χ4n) is 1.93. The summed E-state index contributed by atoms with van der Waals surface area (Å²) in [5, 5.41) is 7.04. The predicted molar refractivity (Wildman–Crippen MR) is 70.6 cm³/mol. The van der Waals surface area contributed by atoms with Crippen LogP contribution >= 0.6 is 0 Å². The number of nitrogens with zero attached hydrogens (tertiary/aromatic N) is 1. The van der Waals surface area contributed by atoms with Crippen molar-refractivity contribution < 1.29 is 0 Å². The monoisotopic (exact) mass is 229 g/mol. The van der Waals surface area contributed by atoms with Crippen LogP contribution in [0.3, 0.4) is 0 Å². The summed E-state index contributed by atoms with van der Waals surface area (Å²) in [5.74, 6) is 0.611. The average Bonchev–Trinajstić information content (AvgIpc) is 2.86. The second-order valence-corrected chi connectivity index (χ2v) is 4.41. The number of hydrogen-bond acceptors (Lipinski definition) is 2. The summed E-state index contributed by atoms with van der Waals surface area (Å²) >= 11 is 0. The second kappa shape index (κ2) is 5.15. The first-order valence-corrected chi connectivity index (χ1v) is 6.09. The minimum absolute atomic E-state index is 0.513. The zero-order chi connectivity index (χ0) is 12.3. The largest absolute Gasteiger partial charge is 0.326 e. The maximum Gasteiger partial charge on any atom is 0.0695 e. The molecule has 3 N–H and O–H groups in total. The highest BCUT2D eigenvalue weighted by atomic mass is 15.1. The van der Waals surface area contributed by atoms with Crippen molar-refractivity contribution in [3.63, 3.8) is 0 Å². The molecule has 0 bridgehead atoms. The van der Waals surface area contributed by atoms with E-state index in [0.29, 0.717) is 12.5 Å². The van der Waals surface area contributed by atoms with Gasteiger partial charge >= 0.3 is 0 Å². The Morgan fingerprint density at radius 3 is 2.59 bits per heavy atom. The molecule has 0 aliphatic heterocycles. The van der Waals surface area contributed by atoms with E-state index in [2.05, 4.69) is 48.3 Å². The van der Waals surface area contributed by atoms with Gasteiger partial charge in [-0.05, 0) is 23.5 Å². The highest BCUT2D eigenvalue weighted by molar-refractivity contribution is 5.62. The molecule has 2 rings (SSSR count). The number of nitrogens with two attached hydrogens (primary N) is 1. The van der Waals surface area contributed by atoms with Gasteiger partial charge < -0.3 is 5.73 Å². The zero-order valence-corrected chi connectivity index (χ0v) is 10.4. The number of hydrogen-bond donors (Lipinski definition) is 2. The van der Waals surface area contributed by atoms with Crippen molar-refractivity contribution in [1.29, 1.82) is 0 Å². The molecule has 3 nitrogen and oxygen atoms in total. The minimum atomic E-state index is 0.513. The van der Waals surface area contributed by atoms with Crippen molar-refractivity contribution in [2.75, 3.05) is 0 Å². The van der Waals surface area contributed by atoms with Crippen LogP contribution < -0.4 is 5.73 Å². The molecule has 1 heterocycles. The molecule has 0 aliphatic carbocycles. The summed E-state index contributed by atoms with van der Waals surface area (Å²) in [4.78, 5) is 0. The number of benzene rings is 1. The van der Waals surface area contributed by atoms with E-state index in [1.165, 1.54) is 5.56 Å². The summed E-state index contributed by atoms with van der Waals surface area (Å²) in [7, 11) is 0. The summed E-state index contributed by atoms with van der Waals surface area (Å²) < 4.78 is 0. The van der Waals surface area contributed by atoms with E-state index in [-0.39, 0.29) is 0 Å². The van der Waals surface area contributed by atoms with Crippen LogP contribution in [0, 0.1) is 0 Å². The molecule has 90 valence electrons. The Kier molecular flexibility index (Phi) is 3.59. The van der Waals surface area contributed by atoms with Gasteiger partial charge in [0.15, 0.2) is 0 Å². The number of rotatable bonds is 4. The third-order valence-corrected chi connectivity index (χ3v) is 3.32. The van der Waals surface area contributed by atoms with Crippen LogP contribution in [0.4, 0.5) is 0 Å². The topological polar surface area (TPSA) is 54.7 Å². The van der Waals surface area contributed by atoms with E-state index in [4.69, 9.17) is 5.73 Å². The van der Waals surface area contributed by atoms with E-state index in [9.17, 15) is 0 Å². The zero-order valence-electron chi connectivity index (χ0n) is 10.4. The standard InChI is InChI=1S/C14H19N3/c1-3-10(2)11-4-6-12(7-5-11)14-13(8-15)9-16-17-14/h4-7,9-10H,3,8,15H2,1-2H3,(H,16,17). The Balaban J connectivity index is 2.29. The molecule has 2 aromatic rings. The smallest absolute Gasteiger partial charge is 0.0695 e. The summed E-state index contributed by atoms with van der Waals surface area (Å²) in [6.07, 6.45) is 2.95. The van der Waals surface area contributed by atoms with Crippen molar-refractivity contribution >= 4 is 0 Å². The third kappa shape index (κ3) is 2.39. The molecule has 3 heteroatoms. The SMILES string of the molecule is CCC(C)c1ccc(-c2[nH]ncc2CN)cc1. The molecule has 1 aromatic heterocycles. The summed E-state index contributed by atoms with van der Waals surface area (Å²) in [5.41, 5.74) is 10.3. The molecule has 0 saturated heterocycles. The Bertz CT molecular complexity index is 470. The Hall–Kier alpha value is -1.61. The first-order valence-electron chi connectivity index (χ1n) is 6.09. The van der Waals surface area contributed by atoms with E-state index in [1.54, 1.807) is 6.20 Å². The fourth-order valence-corrected chi connectivity index (χ4v) is 1.93. The first-order chi connectivity index (χ1) is 8.26. The molecule has 0 radical (unpaired) electrons. The quantitative estimate of drug-likeness (QED) is 0.846. The van der Waals surface area contributed by atoms with Crippen LogP contribution in [0.15, 0.2) is 30.5 Å². The molecular formula is C14H19N3. The Labute approximate surface area is 102 Å². The van der Waals surface area contributed by atoms with Crippen molar-refractivity contribution in [3.05, 3.63) is 41.6 Å². The van der Waals surface area contributed by atoms with E-state index in [0.717, 1.165) is 23.2 Å². The van der Waals surface area contributed by atoms with Crippen molar-refractivity contribution in [3.8, 4) is 11.3 Å². The average molecular weight is 229 g/mol. The summed E-state index contributed by atoms with van der Waals surface area (Å²) in [6, 6.07) is 8.64. The number of aromatic nitrogens is 2. The van der Waals surface area contributed by atoms with Gasteiger partial charge in [0.25, 0.3) is 0 Å². The number of aromatic amines is 1. The van der Waals surface area contributed by atoms with Crippen molar-refractivity contribution in [1.82, 2.24) is 10.2 Å². The lowest BCUT2D eigenvalue weighted by Crippen LogP contribution is -1.97. The van der Waals surface area contributed by atoms with Gasteiger partial charge in [0, 0.05) is 12.1 Å². The highest BCUT2D eigenvalue weighted by Gasteiger charge is 2.07. The molecule has 1 unspecified atom stereocenters. The van der Waals surface area contributed by atoms with Crippen molar-refractivity contribution in [2.24, 2.45) is 5.73 Å². The van der Waals surface area contributed by atoms with Crippen LogP contribution in [0.1, 0.15) is 37.3 Å². The molecule has 17 heavy (non-hydrogen) atoms.